The van der Waals surface area contributed by atoms with Crippen LogP contribution in [0.1, 0.15) is 12.5 Å². The lowest BCUT2D eigenvalue weighted by Gasteiger charge is -2.36. The standard InChI is InChI=1S/C13H17ClN2S3/c1-13(16(12(15)17)7-9-19-13)10-4-2-3-5-11(10)18-8-6-14/h2-5H,6-9H2,1H3,(H2,15,17). The second-order valence-corrected chi connectivity index (χ2v) is 7.78. The van der Waals surface area contributed by atoms with Gasteiger partial charge in [0.05, 0.1) is 0 Å². The number of benzene rings is 1. The van der Waals surface area contributed by atoms with Gasteiger partial charge in [0.2, 0.25) is 0 Å². The first-order valence-corrected chi connectivity index (χ1v) is 9.00. The number of rotatable bonds is 4. The van der Waals surface area contributed by atoms with E-state index < -0.39 is 0 Å². The predicted molar refractivity (Wildman–Crippen MR) is 91.2 cm³/mol. The highest BCUT2D eigenvalue weighted by Gasteiger charge is 2.41. The van der Waals surface area contributed by atoms with Crippen molar-refractivity contribution in [1.29, 1.82) is 0 Å². The van der Waals surface area contributed by atoms with Gasteiger partial charge in [-0.15, -0.1) is 35.1 Å². The van der Waals surface area contributed by atoms with Gasteiger partial charge in [0.1, 0.15) is 4.87 Å². The summed E-state index contributed by atoms with van der Waals surface area (Å²) < 4.78 is 0. The zero-order valence-corrected chi connectivity index (χ0v) is 14.0. The zero-order chi connectivity index (χ0) is 13.9. The number of thioether (sulfide) groups is 2. The van der Waals surface area contributed by atoms with Gasteiger partial charge in [-0.05, 0) is 25.2 Å². The van der Waals surface area contributed by atoms with Crippen molar-refractivity contribution in [3.8, 4) is 0 Å². The minimum absolute atomic E-state index is 0.165. The Morgan fingerprint density at radius 2 is 2.32 bits per heavy atom. The zero-order valence-electron chi connectivity index (χ0n) is 10.8. The van der Waals surface area contributed by atoms with Crippen LogP contribution in [0.3, 0.4) is 0 Å². The molecule has 1 aromatic carbocycles. The van der Waals surface area contributed by atoms with E-state index in [2.05, 4.69) is 36.1 Å². The molecule has 19 heavy (non-hydrogen) atoms. The van der Waals surface area contributed by atoms with Crippen molar-refractivity contribution in [2.75, 3.05) is 23.9 Å². The largest absolute Gasteiger partial charge is 0.376 e. The number of halogens is 1. The second kappa shape index (κ2) is 6.57. The van der Waals surface area contributed by atoms with Crippen LogP contribution in [-0.2, 0) is 4.87 Å². The topological polar surface area (TPSA) is 29.3 Å². The maximum Gasteiger partial charge on any atom is 0.167 e. The molecular formula is C13H17ClN2S3. The average Bonchev–Trinajstić information content (AvgIpc) is 2.80. The minimum atomic E-state index is -0.165. The van der Waals surface area contributed by atoms with Crippen LogP contribution in [0.5, 0.6) is 0 Å². The fourth-order valence-corrected chi connectivity index (χ4v) is 5.17. The SMILES string of the molecule is CC1(c2ccccc2SCCCl)SCCN1C(N)=S. The molecule has 1 unspecified atom stereocenters. The minimum Gasteiger partial charge on any atom is -0.376 e. The van der Waals surface area contributed by atoms with Crippen LogP contribution in [-0.4, -0.2) is 33.9 Å². The van der Waals surface area contributed by atoms with Crippen LogP contribution in [0, 0.1) is 0 Å². The molecule has 0 bridgehead atoms. The summed E-state index contributed by atoms with van der Waals surface area (Å²) in [5.41, 5.74) is 7.16. The first-order valence-electron chi connectivity index (χ1n) is 6.09. The maximum atomic E-state index is 5.88. The Kier molecular flexibility index (Phi) is 5.29. The summed E-state index contributed by atoms with van der Waals surface area (Å²) in [6, 6.07) is 8.45. The molecule has 2 rings (SSSR count). The van der Waals surface area contributed by atoms with Crippen molar-refractivity contribution in [3.63, 3.8) is 0 Å². The average molecular weight is 333 g/mol. The summed E-state index contributed by atoms with van der Waals surface area (Å²) in [6.45, 7) is 3.11. The molecule has 1 atom stereocenters. The van der Waals surface area contributed by atoms with E-state index in [-0.39, 0.29) is 4.87 Å². The van der Waals surface area contributed by atoms with E-state index >= 15 is 0 Å². The molecule has 0 radical (unpaired) electrons. The Balaban J connectivity index is 2.36. The summed E-state index contributed by atoms with van der Waals surface area (Å²) in [5.74, 6) is 2.61. The van der Waals surface area contributed by atoms with E-state index in [9.17, 15) is 0 Å². The van der Waals surface area contributed by atoms with E-state index in [1.807, 2.05) is 11.8 Å². The van der Waals surface area contributed by atoms with Crippen molar-refractivity contribution in [2.24, 2.45) is 5.73 Å². The molecule has 2 N–H and O–H groups in total. The number of alkyl halides is 1. The van der Waals surface area contributed by atoms with Gasteiger partial charge in [-0.25, -0.2) is 0 Å². The quantitative estimate of drug-likeness (QED) is 0.518. The van der Waals surface area contributed by atoms with Crippen molar-refractivity contribution in [2.45, 2.75) is 16.7 Å². The van der Waals surface area contributed by atoms with E-state index in [0.29, 0.717) is 11.0 Å². The second-order valence-electron chi connectivity index (χ2n) is 4.35. The van der Waals surface area contributed by atoms with Crippen molar-refractivity contribution in [3.05, 3.63) is 29.8 Å². The fourth-order valence-electron chi connectivity index (χ4n) is 2.29. The third kappa shape index (κ3) is 3.15. The van der Waals surface area contributed by atoms with Crippen LogP contribution in [0.2, 0.25) is 0 Å². The molecule has 1 aromatic rings. The summed E-state index contributed by atoms with van der Waals surface area (Å²) in [5, 5.41) is 0.477. The van der Waals surface area contributed by atoms with Gasteiger partial charge in [-0.1, -0.05) is 18.2 Å². The molecule has 1 fully saturated rings. The predicted octanol–water partition coefficient (Wildman–Crippen LogP) is 3.48. The molecule has 6 heteroatoms. The molecule has 0 saturated carbocycles. The summed E-state index contributed by atoms with van der Waals surface area (Å²) in [6.07, 6.45) is 0. The monoisotopic (exact) mass is 332 g/mol. The lowest BCUT2D eigenvalue weighted by atomic mass is 10.1. The highest BCUT2D eigenvalue weighted by atomic mass is 35.5. The van der Waals surface area contributed by atoms with E-state index in [1.54, 1.807) is 11.8 Å². The molecule has 0 amide bonds. The molecule has 104 valence electrons. The smallest absolute Gasteiger partial charge is 0.167 e. The van der Waals surface area contributed by atoms with Crippen molar-refractivity contribution >= 4 is 52.5 Å². The molecule has 2 nitrogen and oxygen atoms in total. The third-order valence-electron chi connectivity index (χ3n) is 3.20. The van der Waals surface area contributed by atoms with Crippen LogP contribution in [0.15, 0.2) is 29.2 Å². The van der Waals surface area contributed by atoms with Gasteiger partial charge in [-0.3, -0.25) is 0 Å². The van der Waals surface area contributed by atoms with Gasteiger partial charge in [0.15, 0.2) is 5.11 Å². The number of nitrogens with zero attached hydrogens (tertiary/aromatic N) is 1. The first kappa shape index (κ1) is 15.3. The number of nitrogens with two attached hydrogens (primary N) is 1. The van der Waals surface area contributed by atoms with Crippen LogP contribution in [0.4, 0.5) is 0 Å². The fraction of sp³-hybridized carbons (Fsp3) is 0.462. The summed E-state index contributed by atoms with van der Waals surface area (Å²) >= 11 is 14.7. The molecular weight excluding hydrogens is 316 g/mol. The van der Waals surface area contributed by atoms with Gasteiger partial charge < -0.3 is 10.6 Å². The molecule has 0 aliphatic carbocycles. The van der Waals surface area contributed by atoms with Crippen LogP contribution in [0.25, 0.3) is 0 Å². The third-order valence-corrected chi connectivity index (χ3v) is 6.30. The maximum absolute atomic E-state index is 5.88. The lowest BCUT2D eigenvalue weighted by molar-refractivity contribution is 0.336. The lowest BCUT2D eigenvalue weighted by Crippen LogP contribution is -2.44. The van der Waals surface area contributed by atoms with Gasteiger partial charge in [0.25, 0.3) is 0 Å². The molecule has 0 aromatic heterocycles. The summed E-state index contributed by atoms with van der Waals surface area (Å²) in [7, 11) is 0. The van der Waals surface area contributed by atoms with Gasteiger partial charge >= 0.3 is 0 Å². The van der Waals surface area contributed by atoms with E-state index in [1.165, 1.54) is 10.5 Å². The molecule has 1 aliphatic heterocycles. The van der Waals surface area contributed by atoms with Crippen molar-refractivity contribution in [1.82, 2.24) is 4.90 Å². The van der Waals surface area contributed by atoms with Gasteiger partial charge in [-0.2, -0.15) is 0 Å². The highest BCUT2D eigenvalue weighted by molar-refractivity contribution is 8.01. The Labute approximate surface area is 133 Å². The molecule has 1 aliphatic rings. The van der Waals surface area contributed by atoms with Gasteiger partial charge in [0, 0.05) is 34.4 Å². The normalized spacial score (nSPS) is 22.7. The number of hydrogen-bond donors (Lipinski definition) is 1. The number of thiocarbonyl (C=S) groups is 1. The van der Waals surface area contributed by atoms with E-state index in [0.717, 1.165) is 18.1 Å². The Morgan fingerprint density at radius 3 is 3.00 bits per heavy atom. The van der Waals surface area contributed by atoms with Crippen LogP contribution >= 0.6 is 47.3 Å². The van der Waals surface area contributed by atoms with E-state index in [4.69, 9.17) is 29.6 Å². The Hall–Kier alpha value is -0.100. The summed E-state index contributed by atoms with van der Waals surface area (Å²) in [4.78, 5) is 3.22. The van der Waals surface area contributed by atoms with Crippen LogP contribution < -0.4 is 5.73 Å². The number of hydrogen-bond acceptors (Lipinski definition) is 3. The van der Waals surface area contributed by atoms with Crippen molar-refractivity contribution < 1.29 is 0 Å². The molecule has 1 heterocycles. The first-order chi connectivity index (χ1) is 9.09. The Morgan fingerprint density at radius 1 is 1.58 bits per heavy atom. The highest BCUT2D eigenvalue weighted by Crippen LogP contribution is 2.47. The Bertz CT molecular complexity index is 469. The molecule has 0 spiro atoms. The molecule has 1 saturated heterocycles.